The standard InChI is InChI=1S/C4H4Cl3FNO/c5-4(6,7)2-9-3(10)1-8/h2H,1H2,(H,9,10). The first-order chi connectivity index (χ1) is 4.45. The Morgan fingerprint density at radius 3 is 2.40 bits per heavy atom. The zero-order valence-corrected chi connectivity index (χ0v) is 6.97. The van der Waals surface area contributed by atoms with Gasteiger partial charge in [0.2, 0.25) is 3.79 Å². The van der Waals surface area contributed by atoms with Crippen LogP contribution in [-0.4, -0.2) is 16.4 Å². The smallest absolute Gasteiger partial charge is 0.251 e. The van der Waals surface area contributed by atoms with Crippen LogP contribution in [0.5, 0.6) is 0 Å². The van der Waals surface area contributed by atoms with Gasteiger partial charge in [-0.2, -0.15) is 0 Å². The third-order valence-corrected chi connectivity index (χ3v) is 0.846. The van der Waals surface area contributed by atoms with Crippen LogP contribution in [0.3, 0.4) is 0 Å². The normalized spacial score (nSPS) is 11.2. The van der Waals surface area contributed by atoms with Crippen LogP contribution in [-0.2, 0) is 4.79 Å². The summed E-state index contributed by atoms with van der Waals surface area (Å²) >= 11 is 15.5. The van der Waals surface area contributed by atoms with Crippen LogP contribution in [0.2, 0.25) is 0 Å². The van der Waals surface area contributed by atoms with E-state index in [0.29, 0.717) is 0 Å². The van der Waals surface area contributed by atoms with E-state index >= 15 is 0 Å². The van der Waals surface area contributed by atoms with E-state index in [9.17, 15) is 9.18 Å². The van der Waals surface area contributed by atoms with Gasteiger partial charge >= 0.3 is 0 Å². The van der Waals surface area contributed by atoms with Crippen LogP contribution in [0.25, 0.3) is 0 Å². The predicted octanol–water partition coefficient (Wildman–Crippen LogP) is 1.60. The molecule has 0 aliphatic carbocycles. The lowest BCUT2D eigenvalue weighted by Gasteiger charge is -2.08. The quantitative estimate of drug-likeness (QED) is 0.685. The Hall–Kier alpha value is 0.270. The van der Waals surface area contributed by atoms with Crippen molar-refractivity contribution >= 4 is 40.7 Å². The van der Waals surface area contributed by atoms with Gasteiger partial charge in [-0.1, -0.05) is 34.8 Å². The molecular formula is C4H4Cl3FNO. The summed E-state index contributed by atoms with van der Waals surface area (Å²) in [7, 11) is 0. The predicted molar refractivity (Wildman–Crippen MR) is 38.7 cm³/mol. The van der Waals surface area contributed by atoms with Gasteiger partial charge in [-0.05, 0) is 0 Å². The van der Waals surface area contributed by atoms with Crippen LogP contribution in [0.4, 0.5) is 4.39 Å². The van der Waals surface area contributed by atoms with Gasteiger partial charge in [-0.25, -0.2) is 4.39 Å². The Bertz CT molecular complexity index is 124. The molecule has 59 valence electrons. The Balaban J connectivity index is 3.46. The zero-order chi connectivity index (χ0) is 8.20. The van der Waals surface area contributed by atoms with Gasteiger partial charge in [0.05, 0.1) is 0 Å². The van der Waals surface area contributed by atoms with E-state index < -0.39 is 16.4 Å². The van der Waals surface area contributed by atoms with Crippen molar-refractivity contribution in [1.29, 1.82) is 0 Å². The first-order valence-corrected chi connectivity index (χ1v) is 3.35. The minimum Gasteiger partial charge on any atom is -0.345 e. The van der Waals surface area contributed by atoms with Gasteiger partial charge < -0.3 is 5.32 Å². The van der Waals surface area contributed by atoms with Crippen molar-refractivity contribution in [2.75, 3.05) is 6.67 Å². The highest BCUT2D eigenvalue weighted by Gasteiger charge is 2.20. The minimum absolute atomic E-state index is 0.841. The second-order valence-corrected chi connectivity index (χ2v) is 3.76. The number of hydrogen-bond acceptors (Lipinski definition) is 1. The molecule has 1 radical (unpaired) electrons. The monoisotopic (exact) mass is 206 g/mol. The van der Waals surface area contributed by atoms with Crippen molar-refractivity contribution in [1.82, 2.24) is 5.32 Å². The third kappa shape index (κ3) is 6.39. The molecular weight excluding hydrogens is 203 g/mol. The van der Waals surface area contributed by atoms with E-state index in [1.807, 2.05) is 5.32 Å². The molecule has 0 saturated heterocycles. The fourth-order valence-corrected chi connectivity index (χ4v) is 0.365. The second kappa shape index (κ2) is 4.21. The van der Waals surface area contributed by atoms with Crippen LogP contribution < -0.4 is 5.32 Å². The van der Waals surface area contributed by atoms with Gasteiger partial charge in [-0.15, -0.1) is 0 Å². The molecule has 0 spiro atoms. The highest BCUT2D eigenvalue weighted by molar-refractivity contribution is 6.68. The molecule has 1 N–H and O–H groups in total. The number of alkyl halides is 4. The summed E-state index contributed by atoms with van der Waals surface area (Å²) in [5.74, 6) is -0.841. The highest BCUT2D eigenvalue weighted by Crippen LogP contribution is 2.27. The Kier molecular flexibility index (Phi) is 4.32. The van der Waals surface area contributed by atoms with E-state index in [4.69, 9.17) is 34.8 Å². The van der Waals surface area contributed by atoms with Gasteiger partial charge in [0.15, 0.2) is 6.67 Å². The lowest BCUT2D eigenvalue weighted by atomic mass is 10.6. The van der Waals surface area contributed by atoms with Crippen molar-refractivity contribution in [3.8, 4) is 0 Å². The SMILES string of the molecule is O=C(CF)N[CH]C(Cl)(Cl)Cl. The lowest BCUT2D eigenvalue weighted by Crippen LogP contribution is -2.27. The second-order valence-electron chi connectivity index (χ2n) is 1.39. The zero-order valence-electron chi connectivity index (χ0n) is 4.70. The molecule has 0 aromatic rings. The van der Waals surface area contributed by atoms with Crippen LogP contribution in [0.1, 0.15) is 0 Å². The average molecular weight is 207 g/mol. The summed E-state index contributed by atoms with van der Waals surface area (Å²) in [6.45, 7) is -0.253. The number of carbonyl (C=O) groups is 1. The van der Waals surface area contributed by atoms with Crippen LogP contribution in [0, 0.1) is 6.54 Å². The first-order valence-electron chi connectivity index (χ1n) is 2.22. The van der Waals surface area contributed by atoms with Crippen molar-refractivity contribution in [2.24, 2.45) is 0 Å². The lowest BCUT2D eigenvalue weighted by molar-refractivity contribution is -0.121. The van der Waals surface area contributed by atoms with Crippen molar-refractivity contribution in [3.63, 3.8) is 0 Å². The molecule has 0 atom stereocenters. The first kappa shape index (κ1) is 10.3. The van der Waals surface area contributed by atoms with Crippen molar-refractivity contribution < 1.29 is 9.18 Å². The molecule has 0 saturated carbocycles. The number of amides is 1. The third-order valence-electron chi connectivity index (χ3n) is 0.518. The van der Waals surface area contributed by atoms with Gasteiger partial charge in [0.1, 0.15) is 6.54 Å². The number of rotatable bonds is 2. The molecule has 10 heavy (non-hydrogen) atoms. The van der Waals surface area contributed by atoms with Crippen molar-refractivity contribution in [2.45, 2.75) is 3.79 Å². The van der Waals surface area contributed by atoms with Crippen LogP contribution in [0.15, 0.2) is 0 Å². The highest BCUT2D eigenvalue weighted by atomic mass is 35.6. The molecule has 0 aliphatic rings. The maximum absolute atomic E-state index is 11.4. The van der Waals surface area contributed by atoms with E-state index in [2.05, 4.69) is 0 Å². The van der Waals surface area contributed by atoms with Gasteiger partial charge in [-0.3, -0.25) is 4.79 Å². The minimum atomic E-state index is -1.68. The number of halogens is 4. The number of carbonyl (C=O) groups excluding carboxylic acids is 1. The largest absolute Gasteiger partial charge is 0.345 e. The summed E-state index contributed by atoms with van der Waals surface area (Å²) in [4.78, 5) is 10.2. The maximum Gasteiger partial charge on any atom is 0.251 e. The Morgan fingerprint density at radius 1 is 1.60 bits per heavy atom. The topological polar surface area (TPSA) is 29.1 Å². The molecule has 2 nitrogen and oxygen atoms in total. The molecule has 0 aliphatic heterocycles. The van der Waals surface area contributed by atoms with E-state index in [0.717, 1.165) is 6.54 Å². The van der Waals surface area contributed by atoms with Crippen LogP contribution >= 0.6 is 34.8 Å². The van der Waals surface area contributed by atoms with E-state index in [-0.39, 0.29) is 0 Å². The van der Waals surface area contributed by atoms with E-state index in [1.165, 1.54) is 0 Å². The molecule has 0 aromatic carbocycles. The average Bonchev–Trinajstić information content (AvgIpc) is 1.81. The molecule has 0 bridgehead atoms. The van der Waals surface area contributed by atoms with Gasteiger partial charge in [0, 0.05) is 0 Å². The summed E-state index contributed by atoms with van der Waals surface area (Å²) in [6.07, 6.45) is 0. The van der Waals surface area contributed by atoms with E-state index in [1.54, 1.807) is 0 Å². The molecule has 0 aromatic heterocycles. The Labute approximate surface area is 72.6 Å². The summed E-state index contributed by atoms with van der Waals surface area (Å²) in [5.41, 5.74) is 0. The molecule has 0 fully saturated rings. The number of hydrogen-bond donors (Lipinski definition) is 1. The molecule has 1 amide bonds. The Morgan fingerprint density at radius 2 is 2.10 bits per heavy atom. The molecule has 0 unspecified atom stereocenters. The summed E-state index contributed by atoms with van der Waals surface area (Å²) < 4.78 is 9.72. The van der Waals surface area contributed by atoms with Crippen molar-refractivity contribution in [3.05, 3.63) is 6.54 Å². The number of nitrogens with one attached hydrogen (secondary N) is 1. The summed E-state index contributed by atoms with van der Waals surface area (Å²) in [5, 5.41) is 1.94. The molecule has 0 heterocycles. The fraction of sp³-hybridized carbons (Fsp3) is 0.500. The maximum atomic E-state index is 11.4. The molecule has 6 heteroatoms. The summed E-state index contributed by atoms with van der Waals surface area (Å²) in [6, 6.07) is 0. The molecule has 0 rings (SSSR count). The van der Waals surface area contributed by atoms with Gasteiger partial charge in [0.25, 0.3) is 5.91 Å². The fourth-order valence-electron chi connectivity index (χ4n) is 0.201.